The molecule has 0 bridgehead atoms. The summed E-state index contributed by atoms with van der Waals surface area (Å²) in [5.41, 5.74) is 6.51. The number of ether oxygens (including phenoxy) is 3. The van der Waals surface area contributed by atoms with Crippen LogP contribution in [0.25, 0.3) is 44.4 Å². The zero-order chi connectivity index (χ0) is 44.2. The lowest BCUT2D eigenvalue weighted by Gasteiger charge is -2.34. The van der Waals surface area contributed by atoms with Crippen LogP contribution >= 0.6 is 0 Å². The molecule has 2 unspecified atom stereocenters. The highest BCUT2D eigenvalue weighted by Crippen LogP contribution is 2.37. The third kappa shape index (κ3) is 8.80. The van der Waals surface area contributed by atoms with Gasteiger partial charge in [0.05, 0.1) is 50.1 Å². The predicted molar refractivity (Wildman–Crippen MR) is 240 cm³/mol. The number of carbonyl (C=O) groups excluding carboxylic acids is 4. The summed E-state index contributed by atoms with van der Waals surface area (Å²) in [7, 11) is 2.59. The molecule has 4 aromatic carbocycles. The maximum Gasteiger partial charge on any atom is 0.407 e. The van der Waals surface area contributed by atoms with Crippen LogP contribution in [-0.2, 0) is 23.8 Å². The second-order valence-electron chi connectivity index (χ2n) is 16.6. The Kier molecular flexibility index (Phi) is 12.4. The van der Waals surface area contributed by atoms with E-state index >= 15 is 0 Å². The van der Waals surface area contributed by atoms with Gasteiger partial charge in [-0.25, -0.2) is 19.6 Å². The van der Waals surface area contributed by atoms with Gasteiger partial charge in [-0.05, 0) is 89.6 Å². The average Bonchev–Trinajstić information content (AvgIpc) is 4.20. The van der Waals surface area contributed by atoms with Gasteiger partial charge in [0.1, 0.15) is 23.7 Å². The minimum atomic E-state index is -0.882. The fraction of sp³-hybridized carbons (Fsp3) is 0.347. The smallest absolute Gasteiger partial charge is 0.407 e. The average molecular weight is 865 g/mol. The van der Waals surface area contributed by atoms with Gasteiger partial charge in [0.2, 0.25) is 5.91 Å². The SMILES string of the molecule is COC(=O)NC(C(=O)N1CCCC1c1ncc(-c2ccc3cc(-c4ccc(-c5cnc([C@@H]6CCCN6C(=O)[C@H](NC(=O)OC)c6ccccc6)[nH]5)cc4)ccc3c2)[nH]1)C1CCOCC1. The number of H-pyrrole nitrogens is 2. The number of rotatable bonds is 11. The fourth-order valence-corrected chi connectivity index (χ4v) is 9.44. The van der Waals surface area contributed by atoms with Crippen molar-refractivity contribution in [2.45, 2.75) is 62.7 Å². The van der Waals surface area contributed by atoms with E-state index in [0.717, 1.165) is 75.9 Å². The number of nitrogens with one attached hydrogen (secondary N) is 4. The van der Waals surface area contributed by atoms with Crippen LogP contribution in [0.1, 0.15) is 73.9 Å². The molecule has 3 aliphatic heterocycles. The predicted octanol–water partition coefficient (Wildman–Crippen LogP) is 7.86. The van der Waals surface area contributed by atoms with E-state index in [0.29, 0.717) is 50.5 Å². The number of imidazole rings is 2. The molecule has 2 aromatic heterocycles. The first-order chi connectivity index (χ1) is 31.3. The fourth-order valence-electron chi connectivity index (χ4n) is 9.44. The number of carbonyl (C=O) groups is 4. The van der Waals surface area contributed by atoms with Gasteiger partial charge in [0.25, 0.3) is 5.91 Å². The second-order valence-corrected chi connectivity index (χ2v) is 16.6. The van der Waals surface area contributed by atoms with Gasteiger partial charge < -0.3 is 44.6 Å². The number of likely N-dealkylation sites (tertiary alicyclic amines) is 2. The van der Waals surface area contributed by atoms with Crippen LogP contribution in [0, 0.1) is 5.92 Å². The van der Waals surface area contributed by atoms with Gasteiger partial charge in [-0.3, -0.25) is 9.59 Å². The first-order valence-corrected chi connectivity index (χ1v) is 22.0. The molecule has 3 saturated heterocycles. The number of alkyl carbamates (subject to hydrolysis) is 2. The molecule has 4 amide bonds. The third-order valence-corrected chi connectivity index (χ3v) is 12.9. The van der Waals surface area contributed by atoms with E-state index in [-0.39, 0.29) is 29.8 Å². The van der Waals surface area contributed by atoms with Crippen LogP contribution in [0.2, 0.25) is 0 Å². The van der Waals surface area contributed by atoms with Crippen LogP contribution in [-0.4, -0.2) is 100 Å². The lowest BCUT2D eigenvalue weighted by atomic mass is 9.90. The topological polar surface area (TPSA) is 184 Å². The number of benzene rings is 4. The zero-order valence-corrected chi connectivity index (χ0v) is 35.9. The highest BCUT2D eigenvalue weighted by molar-refractivity contribution is 5.91. The maximum absolute atomic E-state index is 14.0. The van der Waals surface area contributed by atoms with Crippen LogP contribution in [0.15, 0.2) is 103 Å². The normalized spacial score (nSPS) is 18.7. The summed E-state index contributed by atoms with van der Waals surface area (Å²) >= 11 is 0. The van der Waals surface area contributed by atoms with Crippen molar-refractivity contribution in [3.05, 3.63) is 121 Å². The number of nitrogens with zero attached hydrogens (tertiary/aromatic N) is 4. The Balaban J connectivity index is 0.868. The molecular formula is C49H52N8O7. The molecule has 0 aliphatic carbocycles. The Morgan fingerprint density at radius 3 is 1.80 bits per heavy atom. The zero-order valence-electron chi connectivity index (χ0n) is 35.9. The first-order valence-electron chi connectivity index (χ1n) is 22.0. The van der Waals surface area contributed by atoms with Gasteiger partial charge in [-0.2, -0.15) is 0 Å². The standard InChI is InChI=1S/C49H52N8O7/c1-62-48(60)54-42(32-8-4-3-5-9-32)46(58)56-22-6-10-40(56)44-50-28-38(52-44)31-14-12-30(13-15-31)34-16-17-36-27-37(19-18-35(36)26-34)39-29-51-45(53-39)41-11-7-23-57(41)47(59)43(55-49(61)63-2)33-20-24-64-25-21-33/h3-5,8-9,12-19,26-29,33,40-43H,6-7,10-11,20-25H2,1-2H3,(H,50,52)(H,51,53)(H,54,60)(H,55,61)/t40-,41?,42+,43?/m0/s1. The summed E-state index contributed by atoms with van der Waals surface area (Å²) in [6.45, 7) is 2.26. The highest BCUT2D eigenvalue weighted by atomic mass is 16.5. The number of aromatic amines is 2. The Labute approximate surface area is 370 Å². The van der Waals surface area contributed by atoms with Gasteiger partial charge in [0, 0.05) is 31.9 Å². The van der Waals surface area contributed by atoms with Gasteiger partial charge in [-0.15, -0.1) is 0 Å². The molecule has 15 nitrogen and oxygen atoms in total. The van der Waals surface area contributed by atoms with E-state index in [1.165, 1.54) is 14.2 Å². The molecule has 0 saturated carbocycles. The Bertz CT molecular complexity index is 2620. The lowest BCUT2D eigenvalue weighted by molar-refractivity contribution is -0.137. The number of aromatic nitrogens is 4. The van der Waals surface area contributed by atoms with Crippen molar-refractivity contribution >= 4 is 34.8 Å². The van der Waals surface area contributed by atoms with Crippen molar-refractivity contribution in [2.24, 2.45) is 5.92 Å². The minimum absolute atomic E-state index is 0.0305. The molecule has 0 radical (unpaired) electrons. The van der Waals surface area contributed by atoms with Gasteiger partial charge in [-0.1, -0.05) is 78.9 Å². The quantitative estimate of drug-likeness (QED) is 0.101. The number of hydrogen-bond donors (Lipinski definition) is 4. The summed E-state index contributed by atoms with van der Waals surface area (Å²) in [6.07, 6.45) is 6.92. The van der Waals surface area contributed by atoms with E-state index in [4.69, 9.17) is 24.2 Å². The molecule has 9 rings (SSSR count). The monoisotopic (exact) mass is 864 g/mol. The number of methoxy groups -OCH3 is 2. The molecule has 3 aliphatic rings. The molecule has 64 heavy (non-hydrogen) atoms. The Hall–Kier alpha value is -7.00. The van der Waals surface area contributed by atoms with Crippen LogP contribution in [0.4, 0.5) is 9.59 Å². The molecule has 4 N–H and O–H groups in total. The molecule has 330 valence electrons. The van der Waals surface area contributed by atoms with E-state index in [1.54, 1.807) is 11.1 Å². The van der Waals surface area contributed by atoms with E-state index in [2.05, 4.69) is 81.3 Å². The van der Waals surface area contributed by atoms with Gasteiger partial charge >= 0.3 is 12.2 Å². The molecule has 15 heteroatoms. The van der Waals surface area contributed by atoms with Crippen molar-refractivity contribution < 1.29 is 33.4 Å². The number of amides is 4. The molecular weight excluding hydrogens is 813 g/mol. The van der Waals surface area contributed by atoms with Crippen molar-refractivity contribution in [1.82, 2.24) is 40.4 Å². The Morgan fingerprint density at radius 1 is 0.641 bits per heavy atom. The Morgan fingerprint density at radius 2 is 1.17 bits per heavy atom. The van der Waals surface area contributed by atoms with Gasteiger partial charge in [0.15, 0.2) is 0 Å². The lowest BCUT2D eigenvalue weighted by Crippen LogP contribution is -2.53. The highest BCUT2D eigenvalue weighted by Gasteiger charge is 2.40. The largest absolute Gasteiger partial charge is 0.453 e. The maximum atomic E-state index is 14.0. The molecule has 6 aromatic rings. The third-order valence-electron chi connectivity index (χ3n) is 12.9. The van der Waals surface area contributed by atoms with Crippen molar-refractivity contribution in [1.29, 1.82) is 0 Å². The summed E-state index contributed by atoms with van der Waals surface area (Å²) in [5.74, 6) is 1.08. The van der Waals surface area contributed by atoms with Crippen molar-refractivity contribution in [3.63, 3.8) is 0 Å². The first kappa shape index (κ1) is 42.3. The summed E-state index contributed by atoms with van der Waals surface area (Å²) in [5, 5.41) is 7.72. The summed E-state index contributed by atoms with van der Waals surface area (Å²) in [6, 6.07) is 28.2. The van der Waals surface area contributed by atoms with Crippen LogP contribution in [0.3, 0.4) is 0 Å². The molecule has 0 spiro atoms. The number of fused-ring (bicyclic) bond motifs is 1. The van der Waals surface area contributed by atoms with Crippen LogP contribution in [0.5, 0.6) is 0 Å². The molecule has 4 atom stereocenters. The molecule has 5 heterocycles. The van der Waals surface area contributed by atoms with E-state index in [1.807, 2.05) is 41.4 Å². The molecule has 3 fully saturated rings. The number of hydrogen-bond acceptors (Lipinski definition) is 9. The summed E-state index contributed by atoms with van der Waals surface area (Å²) < 4.78 is 15.2. The van der Waals surface area contributed by atoms with E-state index in [9.17, 15) is 19.2 Å². The summed E-state index contributed by atoms with van der Waals surface area (Å²) in [4.78, 5) is 72.6. The second kappa shape index (κ2) is 18.8. The van der Waals surface area contributed by atoms with Crippen LogP contribution < -0.4 is 10.6 Å². The van der Waals surface area contributed by atoms with Crippen molar-refractivity contribution in [3.8, 4) is 33.6 Å². The minimum Gasteiger partial charge on any atom is -0.453 e. The van der Waals surface area contributed by atoms with Crippen molar-refractivity contribution in [2.75, 3.05) is 40.5 Å². The van der Waals surface area contributed by atoms with E-state index < -0.39 is 24.3 Å².